The van der Waals surface area contributed by atoms with Crippen molar-refractivity contribution in [1.29, 1.82) is 0 Å². The highest BCUT2D eigenvalue weighted by Gasteiger charge is 2.08. The van der Waals surface area contributed by atoms with Crippen LogP contribution >= 0.6 is 0 Å². The number of carbonyl (C=O) groups is 2. The number of aromatic nitrogens is 1. The van der Waals surface area contributed by atoms with Crippen molar-refractivity contribution in [3.8, 4) is 0 Å². The zero-order valence-electron chi connectivity index (χ0n) is 15.6. The van der Waals surface area contributed by atoms with Crippen molar-refractivity contribution in [2.24, 2.45) is 0 Å². The number of pyridine rings is 1. The molecule has 2 aromatic carbocycles. The van der Waals surface area contributed by atoms with E-state index in [2.05, 4.69) is 10.6 Å². The first-order chi connectivity index (χ1) is 14.0. The van der Waals surface area contributed by atoms with Crippen LogP contribution in [0.5, 0.6) is 0 Å². The molecule has 0 aliphatic rings. The van der Waals surface area contributed by atoms with Crippen LogP contribution in [-0.2, 0) is 17.9 Å². The second-order valence-corrected chi connectivity index (χ2v) is 6.38. The van der Waals surface area contributed by atoms with E-state index in [1.165, 1.54) is 16.7 Å². The zero-order chi connectivity index (χ0) is 20.6. The van der Waals surface area contributed by atoms with Gasteiger partial charge in [0, 0.05) is 48.6 Å². The molecule has 148 valence electrons. The summed E-state index contributed by atoms with van der Waals surface area (Å²) in [7, 11) is 0. The Labute approximate surface area is 167 Å². The quantitative estimate of drug-likeness (QED) is 0.648. The van der Waals surface area contributed by atoms with Crippen LogP contribution in [0.3, 0.4) is 0 Å². The van der Waals surface area contributed by atoms with E-state index in [4.69, 9.17) is 0 Å². The molecule has 0 bridgehead atoms. The number of amides is 2. The Morgan fingerprint density at radius 1 is 0.931 bits per heavy atom. The third-order valence-electron chi connectivity index (χ3n) is 4.31. The van der Waals surface area contributed by atoms with Gasteiger partial charge in [-0.15, -0.1) is 0 Å². The molecule has 3 aromatic rings. The molecule has 0 aliphatic carbocycles. The van der Waals surface area contributed by atoms with Crippen LogP contribution in [0.25, 0.3) is 0 Å². The minimum absolute atomic E-state index is 0.0862. The molecule has 0 fully saturated rings. The fraction of sp³-hybridized carbons (Fsp3) is 0.136. The van der Waals surface area contributed by atoms with Crippen LogP contribution in [0.1, 0.15) is 22.3 Å². The third kappa shape index (κ3) is 5.62. The fourth-order valence-corrected chi connectivity index (χ4v) is 2.72. The van der Waals surface area contributed by atoms with Gasteiger partial charge in [0.15, 0.2) is 0 Å². The van der Waals surface area contributed by atoms with E-state index in [-0.39, 0.29) is 42.7 Å². The van der Waals surface area contributed by atoms with Gasteiger partial charge in [-0.2, -0.15) is 0 Å². The van der Waals surface area contributed by atoms with Gasteiger partial charge < -0.3 is 15.2 Å². The van der Waals surface area contributed by atoms with E-state index < -0.39 is 0 Å². The number of anilines is 1. The number of benzene rings is 2. The molecule has 0 unspecified atom stereocenters. The van der Waals surface area contributed by atoms with E-state index >= 15 is 0 Å². The summed E-state index contributed by atoms with van der Waals surface area (Å²) in [6.45, 7) is 0.366. The van der Waals surface area contributed by atoms with Crippen LogP contribution in [-0.4, -0.2) is 16.4 Å². The van der Waals surface area contributed by atoms with Crippen molar-refractivity contribution >= 4 is 17.5 Å². The minimum Gasteiger partial charge on any atom is -0.348 e. The Morgan fingerprint density at radius 3 is 2.38 bits per heavy atom. The molecule has 29 heavy (non-hydrogen) atoms. The van der Waals surface area contributed by atoms with Crippen molar-refractivity contribution in [3.05, 3.63) is 100 Å². The molecule has 0 saturated carbocycles. The molecule has 3 rings (SSSR count). The first-order valence-corrected chi connectivity index (χ1v) is 9.10. The molecule has 0 aliphatic heterocycles. The Hall–Kier alpha value is -3.74. The highest BCUT2D eigenvalue weighted by Crippen LogP contribution is 2.11. The van der Waals surface area contributed by atoms with Crippen LogP contribution in [0.4, 0.5) is 10.1 Å². The summed E-state index contributed by atoms with van der Waals surface area (Å²) in [5, 5.41) is 5.39. The molecule has 1 heterocycles. The lowest BCUT2D eigenvalue weighted by atomic mass is 10.1. The van der Waals surface area contributed by atoms with Gasteiger partial charge in [-0.1, -0.05) is 24.3 Å². The monoisotopic (exact) mass is 393 g/mol. The highest BCUT2D eigenvalue weighted by atomic mass is 19.1. The number of hydrogen-bond acceptors (Lipinski definition) is 3. The molecular weight excluding hydrogens is 373 g/mol. The molecule has 0 saturated heterocycles. The summed E-state index contributed by atoms with van der Waals surface area (Å²) in [5.74, 6) is -0.948. The SMILES string of the molecule is O=C(CCn1ccccc1=O)Nc1ccc(C(=O)NCc2ccccc2F)cc1. The lowest BCUT2D eigenvalue weighted by Gasteiger charge is -2.09. The molecule has 2 amide bonds. The van der Waals surface area contributed by atoms with Crippen molar-refractivity contribution in [2.75, 3.05) is 5.32 Å². The Bertz CT molecular complexity index is 1060. The average molecular weight is 393 g/mol. The third-order valence-corrected chi connectivity index (χ3v) is 4.31. The lowest BCUT2D eigenvalue weighted by molar-refractivity contribution is -0.116. The maximum Gasteiger partial charge on any atom is 0.251 e. The average Bonchev–Trinajstić information content (AvgIpc) is 2.73. The first-order valence-electron chi connectivity index (χ1n) is 9.10. The predicted octanol–water partition coefficient (Wildman–Crippen LogP) is 2.95. The van der Waals surface area contributed by atoms with Gasteiger partial charge in [-0.3, -0.25) is 14.4 Å². The van der Waals surface area contributed by atoms with Gasteiger partial charge in [-0.25, -0.2) is 4.39 Å². The molecule has 0 spiro atoms. The zero-order valence-corrected chi connectivity index (χ0v) is 15.6. The topological polar surface area (TPSA) is 80.2 Å². The van der Waals surface area contributed by atoms with Crippen LogP contribution in [0.2, 0.25) is 0 Å². The Balaban J connectivity index is 1.51. The number of halogens is 1. The minimum atomic E-state index is -0.372. The molecule has 0 atom stereocenters. The maximum absolute atomic E-state index is 13.6. The lowest BCUT2D eigenvalue weighted by Crippen LogP contribution is -2.23. The second-order valence-electron chi connectivity index (χ2n) is 6.38. The van der Waals surface area contributed by atoms with Crippen LogP contribution in [0.15, 0.2) is 77.7 Å². The van der Waals surface area contributed by atoms with E-state index in [0.29, 0.717) is 16.8 Å². The number of nitrogens with one attached hydrogen (secondary N) is 2. The fourth-order valence-electron chi connectivity index (χ4n) is 2.72. The number of aryl methyl sites for hydroxylation is 1. The summed E-state index contributed by atoms with van der Waals surface area (Å²) in [6, 6.07) is 17.4. The summed E-state index contributed by atoms with van der Waals surface area (Å²) in [5.41, 5.74) is 1.18. The van der Waals surface area contributed by atoms with Gasteiger partial charge >= 0.3 is 0 Å². The number of rotatable bonds is 7. The first kappa shape index (κ1) is 20.0. The molecule has 6 nitrogen and oxygen atoms in total. The van der Waals surface area contributed by atoms with Crippen molar-refractivity contribution in [1.82, 2.24) is 9.88 Å². The highest BCUT2D eigenvalue weighted by molar-refractivity contribution is 5.95. The number of nitrogens with zero attached hydrogens (tertiary/aromatic N) is 1. The molecular formula is C22H20FN3O3. The molecule has 1 aromatic heterocycles. The Kier molecular flexibility index (Phi) is 6.52. The van der Waals surface area contributed by atoms with E-state index in [9.17, 15) is 18.8 Å². The van der Waals surface area contributed by atoms with Crippen molar-refractivity contribution < 1.29 is 14.0 Å². The smallest absolute Gasteiger partial charge is 0.251 e. The summed E-state index contributed by atoms with van der Waals surface area (Å²) >= 11 is 0. The largest absolute Gasteiger partial charge is 0.348 e. The van der Waals surface area contributed by atoms with Crippen molar-refractivity contribution in [2.45, 2.75) is 19.5 Å². The van der Waals surface area contributed by atoms with E-state index in [1.807, 2.05) is 0 Å². The number of hydrogen-bond donors (Lipinski definition) is 2. The van der Waals surface area contributed by atoms with Crippen LogP contribution < -0.4 is 16.2 Å². The van der Waals surface area contributed by atoms with Gasteiger partial charge in [0.25, 0.3) is 11.5 Å². The number of carbonyl (C=O) groups excluding carboxylic acids is 2. The second kappa shape index (κ2) is 9.45. The summed E-state index contributed by atoms with van der Waals surface area (Å²) in [4.78, 5) is 35.9. The van der Waals surface area contributed by atoms with Gasteiger partial charge in [0.2, 0.25) is 5.91 Å². The maximum atomic E-state index is 13.6. The Morgan fingerprint density at radius 2 is 1.66 bits per heavy atom. The molecule has 2 N–H and O–H groups in total. The van der Waals surface area contributed by atoms with Gasteiger partial charge in [0.05, 0.1) is 0 Å². The van der Waals surface area contributed by atoms with E-state index in [1.54, 1.807) is 60.8 Å². The molecule has 7 heteroatoms. The summed E-state index contributed by atoms with van der Waals surface area (Å²) < 4.78 is 15.1. The molecule has 0 radical (unpaired) electrons. The van der Waals surface area contributed by atoms with E-state index in [0.717, 1.165) is 0 Å². The predicted molar refractivity (Wildman–Crippen MR) is 108 cm³/mol. The van der Waals surface area contributed by atoms with Gasteiger partial charge in [-0.05, 0) is 36.4 Å². The van der Waals surface area contributed by atoms with Gasteiger partial charge in [0.1, 0.15) is 5.82 Å². The summed E-state index contributed by atoms with van der Waals surface area (Å²) in [6.07, 6.45) is 1.78. The van der Waals surface area contributed by atoms with Crippen LogP contribution in [0, 0.1) is 5.82 Å². The van der Waals surface area contributed by atoms with Crippen molar-refractivity contribution in [3.63, 3.8) is 0 Å². The standard InChI is InChI=1S/C22H20FN3O3/c23-19-6-2-1-5-17(19)15-24-22(29)16-8-10-18(11-9-16)25-20(27)12-14-26-13-4-3-7-21(26)28/h1-11,13H,12,14-15H2,(H,24,29)(H,25,27). The normalized spacial score (nSPS) is 10.4.